The Kier molecular flexibility index (Phi) is 6.39. The lowest BCUT2D eigenvalue weighted by molar-refractivity contribution is -0.123. The number of amides is 2. The second-order valence-electron chi connectivity index (χ2n) is 6.02. The standard InChI is InChI=1S/C21H20N2O4S/c1-2-26-18-13-15(12-16-19(24)22-21(28)23-20(16)25)8-9-17(18)27-11-10-14-6-4-3-5-7-14/h3-9,12-13H,2,10-11H2,1H3,(H2,22,23,24,25,28). The number of carbonyl (C=O) groups excluding carboxylic acids is 2. The van der Waals surface area contributed by atoms with Gasteiger partial charge in [0.1, 0.15) is 5.57 Å². The van der Waals surface area contributed by atoms with Crippen LogP contribution in [0, 0.1) is 0 Å². The van der Waals surface area contributed by atoms with E-state index in [0.717, 1.165) is 6.42 Å². The average molecular weight is 396 g/mol. The Bertz CT molecular complexity index is 903. The molecule has 0 atom stereocenters. The molecule has 144 valence electrons. The van der Waals surface area contributed by atoms with Gasteiger partial charge in [0.05, 0.1) is 13.2 Å². The molecule has 28 heavy (non-hydrogen) atoms. The predicted molar refractivity (Wildman–Crippen MR) is 110 cm³/mol. The normalized spacial score (nSPS) is 13.6. The van der Waals surface area contributed by atoms with E-state index in [1.54, 1.807) is 18.2 Å². The summed E-state index contributed by atoms with van der Waals surface area (Å²) in [5.41, 5.74) is 1.81. The molecule has 0 bridgehead atoms. The van der Waals surface area contributed by atoms with Crippen LogP contribution in [-0.4, -0.2) is 30.1 Å². The molecule has 0 spiro atoms. The zero-order valence-electron chi connectivity index (χ0n) is 15.4. The molecule has 1 fully saturated rings. The molecular formula is C21H20N2O4S. The Morgan fingerprint density at radius 3 is 2.36 bits per heavy atom. The number of nitrogens with one attached hydrogen (secondary N) is 2. The van der Waals surface area contributed by atoms with E-state index < -0.39 is 11.8 Å². The SMILES string of the molecule is CCOc1cc(C=C2C(=O)NC(=S)NC2=O)ccc1OCCc1ccccc1. The number of hydrogen-bond donors (Lipinski definition) is 2. The minimum absolute atomic E-state index is 0.00400. The van der Waals surface area contributed by atoms with Crippen LogP contribution in [0.2, 0.25) is 0 Å². The third-order valence-corrected chi connectivity index (χ3v) is 4.22. The minimum Gasteiger partial charge on any atom is -0.490 e. The average Bonchev–Trinajstić information content (AvgIpc) is 2.67. The Morgan fingerprint density at radius 1 is 0.964 bits per heavy atom. The van der Waals surface area contributed by atoms with Crippen LogP contribution in [0.25, 0.3) is 6.08 Å². The first kappa shape index (κ1) is 19.6. The molecule has 2 aromatic carbocycles. The summed E-state index contributed by atoms with van der Waals surface area (Å²) >= 11 is 4.80. The van der Waals surface area contributed by atoms with E-state index in [1.165, 1.54) is 11.6 Å². The molecule has 0 saturated carbocycles. The maximum Gasteiger partial charge on any atom is 0.263 e. The van der Waals surface area contributed by atoms with Crippen molar-refractivity contribution in [3.63, 3.8) is 0 Å². The van der Waals surface area contributed by atoms with E-state index in [-0.39, 0.29) is 10.7 Å². The van der Waals surface area contributed by atoms with Gasteiger partial charge in [-0.25, -0.2) is 0 Å². The summed E-state index contributed by atoms with van der Waals surface area (Å²) < 4.78 is 11.5. The highest BCUT2D eigenvalue weighted by molar-refractivity contribution is 7.80. The van der Waals surface area contributed by atoms with Gasteiger partial charge < -0.3 is 9.47 Å². The van der Waals surface area contributed by atoms with Crippen LogP contribution in [0.4, 0.5) is 0 Å². The van der Waals surface area contributed by atoms with Crippen LogP contribution >= 0.6 is 12.2 Å². The van der Waals surface area contributed by atoms with Crippen LogP contribution in [0.3, 0.4) is 0 Å². The fraction of sp³-hybridized carbons (Fsp3) is 0.190. The number of rotatable bonds is 7. The number of hydrogen-bond acceptors (Lipinski definition) is 5. The van der Waals surface area contributed by atoms with Gasteiger partial charge in [-0.05, 0) is 48.5 Å². The van der Waals surface area contributed by atoms with Gasteiger partial charge in [0, 0.05) is 6.42 Å². The maximum atomic E-state index is 12.0. The summed E-state index contributed by atoms with van der Waals surface area (Å²) in [5.74, 6) is 0.0977. The van der Waals surface area contributed by atoms with Crippen molar-refractivity contribution in [2.24, 2.45) is 0 Å². The van der Waals surface area contributed by atoms with Crippen molar-refractivity contribution in [3.8, 4) is 11.5 Å². The monoisotopic (exact) mass is 396 g/mol. The van der Waals surface area contributed by atoms with Gasteiger partial charge in [-0.1, -0.05) is 36.4 Å². The first-order chi connectivity index (χ1) is 13.6. The van der Waals surface area contributed by atoms with Gasteiger partial charge in [-0.2, -0.15) is 0 Å². The van der Waals surface area contributed by atoms with Crippen molar-refractivity contribution < 1.29 is 19.1 Å². The first-order valence-corrected chi connectivity index (χ1v) is 9.29. The first-order valence-electron chi connectivity index (χ1n) is 8.88. The molecule has 6 nitrogen and oxygen atoms in total. The fourth-order valence-corrected chi connectivity index (χ4v) is 2.88. The highest BCUT2D eigenvalue weighted by Crippen LogP contribution is 2.29. The number of ether oxygens (including phenoxy) is 2. The van der Waals surface area contributed by atoms with E-state index in [9.17, 15) is 9.59 Å². The van der Waals surface area contributed by atoms with Gasteiger partial charge >= 0.3 is 0 Å². The zero-order valence-corrected chi connectivity index (χ0v) is 16.2. The lowest BCUT2D eigenvalue weighted by Gasteiger charge is -2.17. The summed E-state index contributed by atoms with van der Waals surface area (Å²) in [4.78, 5) is 24.0. The summed E-state index contributed by atoms with van der Waals surface area (Å²) in [6, 6.07) is 15.3. The molecular weight excluding hydrogens is 376 g/mol. The highest BCUT2D eigenvalue weighted by atomic mass is 32.1. The van der Waals surface area contributed by atoms with E-state index in [4.69, 9.17) is 21.7 Å². The Balaban J connectivity index is 1.75. The fourth-order valence-electron chi connectivity index (χ4n) is 2.70. The van der Waals surface area contributed by atoms with Crippen LogP contribution < -0.4 is 20.1 Å². The van der Waals surface area contributed by atoms with Crippen LogP contribution in [0.15, 0.2) is 54.1 Å². The summed E-state index contributed by atoms with van der Waals surface area (Å²) in [7, 11) is 0. The second kappa shape index (κ2) is 9.14. The van der Waals surface area contributed by atoms with E-state index in [0.29, 0.717) is 30.3 Å². The number of carbonyl (C=O) groups is 2. The molecule has 0 aliphatic carbocycles. The van der Waals surface area contributed by atoms with Crippen molar-refractivity contribution in [2.45, 2.75) is 13.3 Å². The van der Waals surface area contributed by atoms with Crippen molar-refractivity contribution in [1.82, 2.24) is 10.6 Å². The maximum absolute atomic E-state index is 12.0. The van der Waals surface area contributed by atoms with Crippen molar-refractivity contribution in [1.29, 1.82) is 0 Å². The summed E-state index contributed by atoms with van der Waals surface area (Å²) in [5, 5.41) is 4.83. The molecule has 0 aromatic heterocycles. The van der Waals surface area contributed by atoms with E-state index in [2.05, 4.69) is 10.6 Å². The molecule has 2 aromatic rings. The Hall–Kier alpha value is -3.19. The lowest BCUT2D eigenvalue weighted by atomic mass is 10.1. The molecule has 1 aliphatic heterocycles. The zero-order chi connectivity index (χ0) is 19.9. The molecule has 7 heteroatoms. The molecule has 2 amide bonds. The Labute approximate surface area is 168 Å². The quantitative estimate of drug-likeness (QED) is 0.427. The molecule has 3 rings (SSSR count). The second-order valence-corrected chi connectivity index (χ2v) is 6.43. The van der Waals surface area contributed by atoms with Crippen molar-refractivity contribution >= 4 is 35.2 Å². The van der Waals surface area contributed by atoms with Crippen molar-refractivity contribution in [2.75, 3.05) is 13.2 Å². The molecule has 1 heterocycles. The topological polar surface area (TPSA) is 76.7 Å². The van der Waals surface area contributed by atoms with Crippen LogP contribution in [0.1, 0.15) is 18.1 Å². The van der Waals surface area contributed by atoms with Gasteiger partial charge in [0.25, 0.3) is 11.8 Å². The van der Waals surface area contributed by atoms with E-state index >= 15 is 0 Å². The molecule has 1 saturated heterocycles. The highest BCUT2D eigenvalue weighted by Gasteiger charge is 2.25. The summed E-state index contributed by atoms with van der Waals surface area (Å²) in [6.07, 6.45) is 2.27. The minimum atomic E-state index is -0.533. The predicted octanol–water partition coefficient (Wildman–Crippen LogP) is 2.62. The summed E-state index contributed by atoms with van der Waals surface area (Å²) in [6.45, 7) is 2.85. The third kappa shape index (κ3) is 4.95. The third-order valence-electron chi connectivity index (χ3n) is 4.01. The largest absolute Gasteiger partial charge is 0.490 e. The van der Waals surface area contributed by atoms with Gasteiger partial charge in [-0.15, -0.1) is 0 Å². The number of thiocarbonyl (C=S) groups is 1. The number of benzene rings is 2. The molecule has 0 unspecified atom stereocenters. The van der Waals surface area contributed by atoms with Crippen molar-refractivity contribution in [3.05, 3.63) is 65.2 Å². The van der Waals surface area contributed by atoms with Gasteiger partial charge in [0.2, 0.25) is 0 Å². The molecule has 2 N–H and O–H groups in total. The molecule has 1 aliphatic rings. The van der Waals surface area contributed by atoms with Gasteiger partial charge in [0.15, 0.2) is 16.6 Å². The lowest BCUT2D eigenvalue weighted by Crippen LogP contribution is -2.51. The Morgan fingerprint density at radius 2 is 1.68 bits per heavy atom. The van der Waals surface area contributed by atoms with E-state index in [1.807, 2.05) is 37.3 Å². The van der Waals surface area contributed by atoms with Crippen LogP contribution in [0.5, 0.6) is 11.5 Å². The van der Waals surface area contributed by atoms with Crippen LogP contribution in [-0.2, 0) is 16.0 Å². The molecule has 0 radical (unpaired) electrons. The smallest absolute Gasteiger partial charge is 0.263 e. The van der Waals surface area contributed by atoms with Gasteiger partial charge in [-0.3, -0.25) is 20.2 Å².